The van der Waals surface area contributed by atoms with E-state index in [-0.39, 0.29) is 36.4 Å². The number of hydrogen-bond donors (Lipinski definition) is 2. The molecule has 1 aromatic carbocycles. The Kier molecular flexibility index (Phi) is 8.53. The summed E-state index contributed by atoms with van der Waals surface area (Å²) in [5, 5.41) is 12.2. The zero-order valence-electron chi connectivity index (χ0n) is 19.7. The number of benzene rings is 1. The van der Waals surface area contributed by atoms with E-state index in [1.165, 1.54) is 11.1 Å². The molecule has 2 heterocycles. The fraction of sp³-hybridized carbons (Fsp3) is 0.652. The lowest BCUT2D eigenvalue weighted by Crippen LogP contribution is -2.44. The van der Waals surface area contributed by atoms with Crippen LogP contribution >= 0.6 is 30.9 Å². The lowest BCUT2D eigenvalue weighted by Gasteiger charge is -2.39. The number of nitrogens with zero attached hydrogens (tertiary/aromatic N) is 2. The molecule has 3 aliphatic rings. The van der Waals surface area contributed by atoms with Crippen molar-refractivity contribution in [3.63, 3.8) is 0 Å². The molecule has 11 heteroatoms. The second-order valence-corrected chi connectivity index (χ2v) is 11.9. The summed E-state index contributed by atoms with van der Waals surface area (Å²) in [7, 11) is 0.289. The van der Waals surface area contributed by atoms with Gasteiger partial charge in [0.25, 0.3) is 0 Å². The lowest BCUT2D eigenvalue weighted by molar-refractivity contribution is 0.0866. The van der Waals surface area contributed by atoms with E-state index in [2.05, 4.69) is 29.2 Å². The van der Waals surface area contributed by atoms with Crippen molar-refractivity contribution in [3.05, 3.63) is 35.4 Å². The fourth-order valence-corrected chi connectivity index (χ4v) is 7.98. The Bertz CT molecular complexity index is 945. The average molecular weight is 534 g/mol. The van der Waals surface area contributed by atoms with Crippen LogP contribution in [-0.2, 0) is 21.0 Å². The molecule has 1 aromatic rings. The van der Waals surface area contributed by atoms with Crippen LogP contribution in [0.3, 0.4) is 0 Å². The largest absolute Gasteiger partial charge is 0.493 e. The molecule has 0 radical (unpaired) electrons. The maximum atomic E-state index is 13.9. The Hall–Kier alpha value is -0.830. The molecule has 2 unspecified atom stereocenters. The summed E-state index contributed by atoms with van der Waals surface area (Å²) >= 11 is 11.9. The van der Waals surface area contributed by atoms with Crippen molar-refractivity contribution in [2.75, 3.05) is 58.7 Å². The quantitative estimate of drug-likeness (QED) is 0.254. The zero-order valence-corrected chi connectivity index (χ0v) is 22.1. The highest BCUT2D eigenvalue weighted by Gasteiger charge is 2.53. The summed E-state index contributed by atoms with van der Waals surface area (Å²) < 4.78 is 34.0. The molecule has 34 heavy (non-hydrogen) atoms. The Morgan fingerprint density at radius 3 is 2.79 bits per heavy atom. The summed E-state index contributed by atoms with van der Waals surface area (Å²) in [5.41, 5.74) is 2.16. The maximum Gasteiger partial charge on any atom is 0.344 e. The number of ether oxygens (including phenoxy) is 2. The van der Waals surface area contributed by atoms with Crippen LogP contribution in [0.5, 0.6) is 11.5 Å². The molecule has 0 bridgehead atoms. The molecule has 0 saturated heterocycles. The Morgan fingerprint density at radius 1 is 1.35 bits per heavy atom. The Morgan fingerprint density at radius 2 is 2.12 bits per heavy atom. The lowest BCUT2D eigenvalue weighted by atomic mass is 9.69. The van der Waals surface area contributed by atoms with Crippen LogP contribution in [0.25, 0.3) is 0 Å². The maximum absolute atomic E-state index is 13.9. The van der Waals surface area contributed by atoms with Crippen molar-refractivity contribution in [1.29, 1.82) is 0 Å². The molecular formula is C23H34Cl2N3O5P. The predicted molar refractivity (Wildman–Crippen MR) is 134 cm³/mol. The highest BCUT2D eigenvalue weighted by Crippen LogP contribution is 2.57. The number of alkyl halides is 2. The summed E-state index contributed by atoms with van der Waals surface area (Å²) in [6.07, 6.45) is 5.04. The van der Waals surface area contributed by atoms with Gasteiger partial charge in [-0.1, -0.05) is 18.2 Å². The number of rotatable bonds is 11. The van der Waals surface area contributed by atoms with E-state index < -0.39 is 13.8 Å². The zero-order chi connectivity index (χ0) is 24.3. The molecule has 2 aliphatic heterocycles. The monoisotopic (exact) mass is 533 g/mol. The minimum atomic E-state index is -3.50. The molecule has 1 spiro atoms. The summed E-state index contributed by atoms with van der Waals surface area (Å²) in [5.74, 6) is 2.10. The molecule has 4 atom stereocenters. The standard InChI is InChI=1S/C23H34Cl2N3O5P/c1-27-11-7-23-6-5-18(33-34(30,26-10-14-29)28(12-8-24)13-9-25)15-20(23)32-22-19(31-2)4-3-17(16-27)21(22)23/h3-6,18,20,29H,7-16H2,1-2H3,(H,26,30)/t18?,20-,23-,34?/m1/s1. The van der Waals surface area contributed by atoms with E-state index in [9.17, 15) is 9.67 Å². The number of hydrogen-bond acceptors (Lipinski definition) is 6. The van der Waals surface area contributed by atoms with Crippen LogP contribution in [0.15, 0.2) is 24.3 Å². The van der Waals surface area contributed by atoms with Crippen molar-refractivity contribution in [2.45, 2.75) is 37.0 Å². The van der Waals surface area contributed by atoms with Crippen molar-refractivity contribution in [3.8, 4) is 11.5 Å². The van der Waals surface area contributed by atoms with Crippen molar-refractivity contribution in [1.82, 2.24) is 14.7 Å². The van der Waals surface area contributed by atoms with Gasteiger partial charge in [-0.25, -0.2) is 9.76 Å². The Labute approximate surface area is 211 Å². The number of methoxy groups -OCH3 is 1. The van der Waals surface area contributed by atoms with Gasteiger partial charge in [-0.15, -0.1) is 23.2 Å². The summed E-state index contributed by atoms with van der Waals surface area (Å²) in [6, 6.07) is 4.10. The van der Waals surface area contributed by atoms with Gasteiger partial charge in [-0.2, -0.15) is 0 Å². The number of aliphatic hydroxyl groups is 1. The first-order chi connectivity index (χ1) is 16.4. The van der Waals surface area contributed by atoms with Crippen LogP contribution in [0.1, 0.15) is 24.0 Å². The molecule has 0 aromatic heterocycles. The van der Waals surface area contributed by atoms with Crippen molar-refractivity contribution in [2.24, 2.45) is 0 Å². The number of nitrogens with one attached hydrogen (secondary N) is 1. The topological polar surface area (TPSA) is 83.5 Å². The number of halogens is 2. The van der Waals surface area contributed by atoms with Gasteiger partial charge in [0.2, 0.25) is 0 Å². The molecule has 1 aliphatic carbocycles. The van der Waals surface area contributed by atoms with E-state index in [1.54, 1.807) is 11.8 Å². The fourth-order valence-electron chi connectivity index (χ4n) is 5.29. The SMILES string of the molecule is COc1ccc2c3c1O[C@@H]1CC(OP(=O)(NCCO)N(CCCl)CCCl)C=C[C@]31CCN(C)C2. The molecule has 0 saturated carbocycles. The molecular weight excluding hydrogens is 500 g/mol. The third-order valence-corrected chi connectivity index (χ3v) is 9.55. The first kappa shape index (κ1) is 26.2. The van der Waals surface area contributed by atoms with E-state index in [0.717, 1.165) is 31.0 Å². The van der Waals surface area contributed by atoms with Crippen LogP contribution < -0.4 is 14.6 Å². The van der Waals surface area contributed by atoms with Gasteiger partial charge in [-0.3, -0.25) is 9.09 Å². The highest BCUT2D eigenvalue weighted by atomic mass is 35.5. The third-order valence-electron chi connectivity index (χ3n) is 6.89. The van der Waals surface area contributed by atoms with Gasteiger partial charge >= 0.3 is 7.67 Å². The third kappa shape index (κ3) is 4.89. The molecule has 4 rings (SSSR count). The van der Waals surface area contributed by atoms with Gasteiger partial charge in [0.1, 0.15) is 6.10 Å². The first-order valence-corrected chi connectivity index (χ1v) is 14.3. The normalized spacial score (nSPS) is 27.6. The minimum Gasteiger partial charge on any atom is -0.493 e. The highest BCUT2D eigenvalue weighted by molar-refractivity contribution is 7.54. The van der Waals surface area contributed by atoms with Gasteiger partial charge < -0.3 is 19.5 Å². The van der Waals surface area contributed by atoms with Crippen LogP contribution in [-0.4, -0.2) is 85.6 Å². The van der Waals surface area contributed by atoms with Crippen molar-refractivity contribution < 1.29 is 23.7 Å². The van der Waals surface area contributed by atoms with Crippen LogP contribution in [0.4, 0.5) is 0 Å². The molecule has 190 valence electrons. The summed E-state index contributed by atoms with van der Waals surface area (Å²) in [6.45, 7) is 2.46. The average Bonchev–Trinajstić information content (AvgIpc) is 3.08. The van der Waals surface area contributed by atoms with Crippen LogP contribution in [0.2, 0.25) is 0 Å². The Balaban J connectivity index is 1.65. The van der Waals surface area contributed by atoms with Crippen LogP contribution in [0, 0.1) is 0 Å². The van der Waals surface area contributed by atoms with Gasteiger partial charge in [0, 0.05) is 49.9 Å². The predicted octanol–water partition coefficient (Wildman–Crippen LogP) is 3.34. The summed E-state index contributed by atoms with van der Waals surface area (Å²) in [4.78, 5) is 2.33. The van der Waals surface area contributed by atoms with Crippen molar-refractivity contribution >= 4 is 30.9 Å². The van der Waals surface area contributed by atoms with Gasteiger partial charge in [-0.05, 0) is 31.6 Å². The molecule has 8 nitrogen and oxygen atoms in total. The van der Waals surface area contributed by atoms with E-state index >= 15 is 0 Å². The first-order valence-electron chi connectivity index (χ1n) is 11.7. The van der Waals surface area contributed by atoms with Gasteiger partial charge in [0.05, 0.1) is 25.2 Å². The molecule has 0 amide bonds. The van der Waals surface area contributed by atoms with E-state index in [1.807, 2.05) is 12.1 Å². The molecule has 2 N–H and O–H groups in total. The smallest absolute Gasteiger partial charge is 0.344 e. The second-order valence-electron chi connectivity index (χ2n) is 8.99. The van der Waals surface area contributed by atoms with Gasteiger partial charge in [0.15, 0.2) is 11.5 Å². The second kappa shape index (κ2) is 11.1. The molecule has 0 fully saturated rings. The number of aliphatic hydroxyl groups excluding tert-OH is 1. The van der Waals surface area contributed by atoms with E-state index in [4.69, 9.17) is 37.2 Å². The van der Waals surface area contributed by atoms with E-state index in [0.29, 0.717) is 19.5 Å². The minimum absolute atomic E-state index is 0.136.